The summed E-state index contributed by atoms with van der Waals surface area (Å²) in [5.41, 5.74) is 1.93. The van der Waals surface area contributed by atoms with Crippen molar-refractivity contribution in [3.63, 3.8) is 0 Å². The summed E-state index contributed by atoms with van der Waals surface area (Å²) in [6.07, 6.45) is 2.67. The minimum absolute atomic E-state index is 0.0346. The third-order valence-electron chi connectivity index (χ3n) is 5.78. The van der Waals surface area contributed by atoms with Crippen LogP contribution in [0.2, 0.25) is 0 Å². The molecule has 1 amide bonds. The predicted octanol–water partition coefficient (Wildman–Crippen LogP) is 2.83. The third kappa shape index (κ3) is 4.78. The van der Waals surface area contributed by atoms with Crippen LogP contribution >= 0.6 is 0 Å². The number of nitrogens with zero attached hydrogens (tertiary/aromatic N) is 5. The molecule has 1 aliphatic rings. The summed E-state index contributed by atoms with van der Waals surface area (Å²) in [5, 5.41) is 16.3. The van der Waals surface area contributed by atoms with Gasteiger partial charge in [0.25, 0.3) is 0 Å². The lowest BCUT2D eigenvalue weighted by molar-refractivity contribution is -0.125. The van der Waals surface area contributed by atoms with Gasteiger partial charge in [-0.2, -0.15) is 4.52 Å². The number of hydrogen-bond acceptors (Lipinski definition) is 6. The van der Waals surface area contributed by atoms with Gasteiger partial charge in [0.05, 0.1) is 13.0 Å². The molecule has 3 heterocycles. The van der Waals surface area contributed by atoms with E-state index in [-0.39, 0.29) is 17.7 Å². The Morgan fingerprint density at radius 3 is 2.74 bits per heavy atom. The van der Waals surface area contributed by atoms with Gasteiger partial charge in [-0.15, -0.1) is 15.3 Å². The molecule has 1 atom stereocenters. The number of aromatic nitrogens is 4. The Bertz CT molecular complexity index is 1030. The lowest BCUT2D eigenvalue weighted by Gasteiger charge is -2.32. The van der Waals surface area contributed by atoms with Crippen LogP contribution in [0, 0.1) is 5.92 Å². The fourth-order valence-corrected chi connectivity index (χ4v) is 3.99. The molecular weight excluding hydrogens is 392 g/mol. The van der Waals surface area contributed by atoms with E-state index in [1.54, 1.807) is 7.11 Å². The first kappa shape index (κ1) is 21.1. The van der Waals surface area contributed by atoms with Gasteiger partial charge < -0.3 is 15.0 Å². The number of nitrogens with one attached hydrogen (secondary N) is 1. The topological polar surface area (TPSA) is 84.6 Å². The van der Waals surface area contributed by atoms with Crippen molar-refractivity contribution < 1.29 is 9.53 Å². The zero-order valence-corrected chi connectivity index (χ0v) is 18.4. The summed E-state index contributed by atoms with van der Waals surface area (Å²) in [6.45, 7) is 6.36. The average Bonchev–Trinajstić information content (AvgIpc) is 3.23. The van der Waals surface area contributed by atoms with Crippen molar-refractivity contribution in [2.75, 3.05) is 31.6 Å². The highest BCUT2D eigenvalue weighted by atomic mass is 16.5. The van der Waals surface area contributed by atoms with Crippen LogP contribution in [0.25, 0.3) is 5.65 Å². The molecule has 1 fully saturated rings. The number of piperidine rings is 1. The zero-order chi connectivity index (χ0) is 21.8. The normalized spacial score (nSPS) is 16.6. The molecule has 2 aromatic heterocycles. The molecule has 0 spiro atoms. The molecule has 4 rings (SSSR count). The molecule has 8 heteroatoms. The lowest BCUT2D eigenvalue weighted by atomic mass is 9.97. The van der Waals surface area contributed by atoms with Crippen LogP contribution in [0.15, 0.2) is 36.4 Å². The van der Waals surface area contributed by atoms with Crippen LogP contribution in [-0.4, -0.2) is 52.5 Å². The number of ether oxygens (including phenoxy) is 1. The summed E-state index contributed by atoms with van der Waals surface area (Å²) < 4.78 is 7.00. The quantitative estimate of drug-likeness (QED) is 0.630. The van der Waals surface area contributed by atoms with Gasteiger partial charge in [-0.3, -0.25) is 4.79 Å². The van der Waals surface area contributed by atoms with Gasteiger partial charge in [0.2, 0.25) is 5.91 Å². The molecule has 1 aromatic carbocycles. The maximum Gasteiger partial charge on any atom is 0.224 e. The number of carbonyl (C=O) groups excluding carboxylic acids is 1. The van der Waals surface area contributed by atoms with Crippen LogP contribution in [0.1, 0.15) is 44.0 Å². The number of carbonyl (C=O) groups is 1. The molecule has 31 heavy (non-hydrogen) atoms. The third-order valence-corrected chi connectivity index (χ3v) is 5.78. The summed E-state index contributed by atoms with van der Waals surface area (Å²) in [4.78, 5) is 15.0. The molecule has 1 unspecified atom stereocenters. The van der Waals surface area contributed by atoms with Gasteiger partial charge in [-0.05, 0) is 49.1 Å². The molecule has 0 aliphatic carbocycles. The van der Waals surface area contributed by atoms with Crippen LogP contribution in [-0.2, 0) is 11.2 Å². The summed E-state index contributed by atoms with van der Waals surface area (Å²) in [7, 11) is 1.66. The lowest BCUT2D eigenvalue weighted by Crippen LogP contribution is -2.44. The second-order valence-corrected chi connectivity index (χ2v) is 8.35. The molecule has 0 saturated carbocycles. The van der Waals surface area contributed by atoms with Crippen molar-refractivity contribution in [1.29, 1.82) is 0 Å². The molecule has 0 radical (unpaired) electrons. The Morgan fingerprint density at radius 1 is 1.19 bits per heavy atom. The highest BCUT2D eigenvalue weighted by Gasteiger charge is 2.27. The first-order valence-electron chi connectivity index (χ1n) is 10.9. The molecule has 1 N–H and O–H groups in total. The Hall–Kier alpha value is -3.16. The number of fused-ring (bicyclic) bond motifs is 1. The van der Waals surface area contributed by atoms with Crippen molar-refractivity contribution in [3.05, 3.63) is 47.8 Å². The van der Waals surface area contributed by atoms with Gasteiger partial charge in [-0.25, -0.2) is 0 Å². The van der Waals surface area contributed by atoms with E-state index in [4.69, 9.17) is 9.84 Å². The maximum atomic E-state index is 12.8. The van der Waals surface area contributed by atoms with Gasteiger partial charge in [0, 0.05) is 25.6 Å². The molecular formula is C23H30N6O2. The summed E-state index contributed by atoms with van der Waals surface area (Å²) >= 11 is 0. The van der Waals surface area contributed by atoms with Crippen LogP contribution in [0.3, 0.4) is 0 Å². The number of methoxy groups -OCH3 is 1. The number of rotatable bonds is 7. The molecule has 1 saturated heterocycles. The van der Waals surface area contributed by atoms with E-state index >= 15 is 0 Å². The number of anilines is 1. The van der Waals surface area contributed by atoms with Crippen LogP contribution < -0.4 is 15.0 Å². The number of hydrogen-bond donors (Lipinski definition) is 1. The summed E-state index contributed by atoms with van der Waals surface area (Å²) in [6, 6.07) is 11.9. The van der Waals surface area contributed by atoms with Gasteiger partial charge in [-0.1, -0.05) is 26.0 Å². The largest absolute Gasteiger partial charge is 0.497 e. The van der Waals surface area contributed by atoms with E-state index in [0.717, 1.165) is 48.8 Å². The van der Waals surface area contributed by atoms with E-state index < -0.39 is 0 Å². The summed E-state index contributed by atoms with van der Waals surface area (Å²) in [5.74, 6) is 2.88. The molecule has 8 nitrogen and oxygen atoms in total. The van der Waals surface area contributed by atoms with Crippen molar-refractivity contribution >= 4 is 17.4 Å². The fourth-order valence-electron chi connectivity index (χ4n) is 3.99. The highest BCUT2D eigenvalue weighted by Crippen LogP contribution is 2.23. The number of benzene rings is 1. The van der Waals surface area contributed by atoms with Crippen molar-refractivity contribution in [2.24, 2.45) is 5.92 Å². The SMILES string of the molecule is COc1ccc(CCNC(=O)C2CCCN(c3ccc4nnc(C(C)C)n4n3)C2)cc1. The van der Waals surface area contributed by atoms with E-state index in [2.05, 4.69) is 34.3 Å². The smallest absolute Gasteiger partial charge is 0.224 e. The van der Waals surface area contributed by atoms with Crippen LogP contribution in [0.5, 0.6) is 5.75 Å². The van der Waals surface area contributed by atoms with Crippen molar-refractivity contribution in [1.82, 2.24) is 25.1 Å². The molecule has 164 valence electrons. The van der Waals surface area contributed by atoms with E-state index in [1.165, 1.54) is 5.56 Å². The zero-order valence-electron chi connectivity index (χ0n) is 18.4. The Labute approximate surface area is 182 Å². The first-order valence-corrected chi connectivity index (χ1v) is 10.9. The molecule has 3 aromatic rings. The van der Waals surface area contributed by atoms with E-state index in [9.17, 15) is 4.79 Å². The second kappa shape index (κ2) is 9.32. The first-order chi connectivity index (χ1) is 15.0. The molecule has 1 aliphatic heterocycles. The fraction of sp³-hybridized carbons (Fsp3) is 0.478. The Kier molecular flexibility index (Phi) is 6.34. The van der Waals surface area contributed by atoms with Crippen molar-refractivity contribution in [3.8, 4) is 5.75 Å². The van der Waals surface area contributed by atoms with Gasteiger partial charge in [0.1, 0.15) is 11.6 Å². The average molecular weight is 423 g/mol. The monoisotopic (exact) mass is 422 g/mol. The standard InChI is InChI=1S/C23H30N6O2/c1-16(2)22-26-25-20-10-11-21(27-29(20)22)28-14-4-5-18(15-28)23(30)24-13-12-17-6-8-19(31-3)9-7-17/h6-11,16,18H,4-5,12-15H2,1-3H3,(H,24,30). The van der Waals surface area contributed by atoms with Gasteiger partial charge in [0.15, 0.2) is 11.5 Å². The molecule has 0 bridgehead atoms. The second-order valence-electron chi connectivity index (χ2n) is 8.35. The van der Waals surface area contributed by atoms with Crippen LogP contribution in [0.4, 0.5) is 5.82 Å². The number of amides is 1. The minimum Gasteiger partial charge on any atom is -0.497 e. The Morgan fingerprint density at radius 2 is 2.00 bits per heavy atom. The van der Waals surface area contributed by atoms with Crippen molar-refractivity contribution in [2.45, 2.75) is 39.0 Å². The Balaban J connectivity index is 1.36. The van der Waals surface area contributed by atoms with E-state index in [0.29, 0.717) is 13.1 Å². The van der Waals surface area contributed by atoms with E-state index in [1.807, 2.05) is 40.9 Å². The maximum absolute atomic E-state index is 12.8. The predicted molar refractivity (Wildman–Crippen MR) is 120 cm³/mol. The minimum atomic E-state index is -0.0346. The van der Waals surface area contributed by atoms with Gasteiger partial charge >= 0.3 is 0 Å². The highest BCUT2D eigenvalue weighted by molar-refractivity contribution is 5.79.